The third-order valence-electron chi connectivity index (χ3n) is 9.04. The van der Waals surface area contributed by atoms with Crippen molar-refractivity contribution in [3.05, 3.63) is 35.4 Å². The minimum absolute atomic E-state index is 0.0839. The van der Waals surface area contributed by atoms with E-state index in [1.165, 1.54) is 32.1 Å². The summed E-state index contributed by atoms with van der Waals surface area (Å²) < 4.78 is 25.4. The molecule has 2 saturated carbocycles. The maximum atomic E-state index is 6.36. The van der Waals surface area contributed by atoms with Crippen LogP contribution in [0, 0.1) is 11.8 Å². The van der Waals surface area contributed by atoms with Gasteiger partial charge in [-0.1, -0.05) is 63.7 Å². The number of aromatic nitrogens is 4. The third kappa shape index (κ3) is 9.29. The molecule has 12 heteroatoms. The minimum Gasteiger partial charge on any atom is -0.464 e. The molecule has 2 aliphatic carbocycles. The van der Waals surface area contributed by atoms with Crippen LogP contribution >= 0.6 is 11.6 Å². The highest BCUT2D eigenvalue weighted by Crippen LogP contribution is 2.48. The molecule has 2 bridgehead atoms. The van der Waals surface area contributed by atoms with E-state index in [0.717, 1.165) is 65.4 Å². The number of fused-ring (bicyclic) bond motifs is 3. The highest BCUT2D eigenvalue weighted by molar-refractivity contribution is 6.76. The lowest BCUT2D eigenvalue weighted by Crippen LogP contribution is -2.33. The zero-order valence-corrected chi connectivity index (χ0v) is 31.0. The fraction of sp³-hybridized carbons (Fsp3) is 0.667. The molecule has 1 unspecified atom stereocenters. The van der Waals surface area contributed by atoms with Crippen LogP contribution in [0.5, 0.6) is 5.75 Å². The average molecular weight is 674 g/mol. The predicted octanol–water partition coefficient (Wildman–Crippen LogP) is 8.15. The van der Waals surface area contributed by atoms with Crippen LogP contribution in [-0.4, -0.2) is 76.3 Å². The average Bonchev–Trinajstić information content (AvgIpc) is 3.56. The Hall–Kier alpha value is -2.03. The van der Waals surface area contributed by atoms with Crippen molar-refractivity contribution in [2.24, 2.45) is 11.8 Å². The maximum Gasteiger partial charge on any atom is 0.188 e. The van der Waals surface area contributed by atoms with Crippen LogP contribution < -0.4 is 9.64 Å². The summed E-state index contributed by atoms with van der Waals surface area (Å²) in [4.78, 5) is 11.9. The van der Waals surface area contributed by atoms with E-state index < -0.39 is 16.1 Å². The summed E-state index contributed by atoms with van der Waals surface area (Å²) in [6, 6.07) is 6.36. The number of methoxy groups -OCH3 is 1. The number of nitrogens with zero attached hydrogens (tertiary/aromatic N) is 5. The molecule has 0 aliphatic heterocycles. The van der Waals surface area contributed by atoms with Crippen molar-refractivity contribution in [1.29, 1.82) is 0 Å². The van der Waals surface area contributed by atoms with Gasteiger partial charge in [-0.3, -0.25) is 0 Å². The normalized spacial score (nSPS) is 20.2. The van der Waals surface area contributed by atoms with Crippen LogP contribution in [0.3, 0.4) is 0 Å². The third-order valence-corrected chi connectivity index (χ3v) is 12.7. The molecule has 2 aliphatic rings. The van der Waals surface area contributed by atoms with Gasteiger partial charge >= 0.3 is 0 Å². The molecule has 0 spiro atoms. The number of pyridine rings is 1. The molecule has 3 heterocycles. The molecule has 0 saturated heterocycles. The van der Waals surface area contributed by atoms with Gasteiger partial charge in [-0.05, 0) is 49.3 Å². The van der Waals surface area contributed by atoms with Gasteiger partial charge in [-0.2, -0.15) is 9.61 Å². The van der Waals surface area contributed by atoms with Crippen molar-refractivity contribution in [3.63, 3.8) is 0 Å². The Balaban J connectivity index is 1.53. The topological polar surface area (TPSA) is 83.2 Å². The van der Waals surface area contributed by atoms with E-state index in [9.17, 15) is 0 Å². The molecule has 45 heavy (non-hydrogen) atoms. The van der Waals surface area contributed by atoms with Crippen LogP contribution in [0.15, 0.2) is 24.5 Å². The molecule has 2 fully saturated rings. The number of anilines is 1. The second-order valence-electron chi connectivity index (χ2n) is 15.3. The van der Waals surface area contributed by atoms with Crippen molar-refractivity contribution in [3.8, 4) is 16.9 Å². The van der Waals surface area contributed by atoms with Crippen molar-refractivity contribution in [2.75, 3.05) is 45.5 Å². The molecule has 0 amide bonds. The molecular formula is C33H52ClN5O4Si2. The van der Waals surface area contributed by atoms with Crippen molar-refractivity contribution in [2.45, 2.75) is 89.4 Å². The van der Waals surface area contributed by atoms with Gasteiger partial charge in [-0.25, -0.2) is 9.97 Å². The van der Waals surface area contributed by atoms with E-state index >= 15 is 0 Å². The lowest BCUT2D eigenvalue weighted by molar-refractivity contribution is 0.0510. The van der Waals surface area contributed by atoms with Gasteiger partial charge in [-0.15, -0.1) is 0 Å². The number of hydrogen-bond acceptors (Lipinski definition) is 8. The number of halogens is 1. The van der Waals surface area contributed by atoms with Crippen molar-refractivity contribution < 1.29 is 18.9 Å². The molecule has 0 N–H and O–H groups in total. The van der Waals surface area contributed by atoms with E-state index in [-0.39, 0.29) is 11.9 Å². The fourth-order valence-electron chi connectivity index (χ4n) is 6.43. The van der Waals surface area contributed by atoms with E-state index in [1.807, 2.05) is 16.8 Å². The second-order valence-corrected chi connectivity index (χ2v) is 26.9. The summed E-state index contributed by atoms with van der Waals surface area (Å²) in [5.74, 6) is 3.42. The first-order valence-electron chi connectivity index (χ1n) is 16.5. The Morgan fingerprint density at radius 3 is 2.16 bits per heavy atom. The van der Waals surface area contributed by atoms with E-state index in [2.05, 4.69) is 55.2 Å². The molecule has 0 aromatic carbocycles. The first-order valence-corrected chi connectivity index (χ1v) is 24.3. The lowest BCUT2D eigenvalue weighted by Gasteiger charge is -2.30. The van der Waals surface area contributed by atoms with Gasteiger partial charge in [0, 0.05) is 71.5 Å². The first-order chi connectivity index (χ1) is 21.4. The Morgan fingerprint density at radius 2 is 1.56 bits per heavy atom. The Labute approximate surface area is 276 Å². The molecule has 3 atom stereocenters. The van der Waals surface area contributed by atoms with Crippen LogP contribution in [-0.2, 0) is 14.2 Å². The van der Waals surface area contributed by atoms with E-state index in [4.69, 9.17) is 40.6 Å². The number of rotatable bonds is 16. The first kappa shape index (κ1) is 34.3. The Kier molecular flexibility index (Phi) is 11.3. The van der Waals surface area contributed by atoms with Gasteiger partial charge < -0.3 is 23.8 Å². The van der Waals surface area contributed by atoms with Gasteiger partial charge in [0.25, 0.3) is 0 Å². The van der Waals surface area contributed by atoms with E-state index in [0.29, 0.717) is 25.1 Å². The van der Waals surface area contributed by atoms with E-state index in [1.54, 1.807) is 13.3 Å². The Bertz CT molecular complexity index is 1390. The van der Waals surface area contributed by atoms with Gasteiger partial charge in [0.1, 0.15) is 19.3 Å². The van der Waals surface area contributed by atoms with Gasteiger partial charge in [0.2, 0.25) is 0 Å². The van der Waals surface area contributed by atoms with Crippen LogP contribution in [0.25, 0.3) is 16.8 Å². The predicted molar refractivity (Wildman–Crippen MR) is 187 cm³/mol. The molecule has 248 valence electrons. The molecule has 3 aromatic rings. The lowest BCUT2D eigenvalue weighted by atomic mass is 9.79. The van der Waals surface area contributed by atoms with Crippen molar-refractivity contribution >= 4 is 39.2 Å². The zero-order valence-electron chi connectivity index (χ0n) is 28.3. The minimum atomic E-state index is -1.23. The summed E-state index contributed by atoms with van der Waals surface area (Å²) >= 11 is 6.36. The highest BCUT2D eigenvalue weighted by atomic mass is 35.5. The fourth-order valence-corrected chi connectivity index (χ4v) is 8.10. The number of hydrogen-bond donors (Lipinski definition) is 0. The number of ether oxygens (including phenoxy) is 4. The van der Waals surface area contributed by atoms with Crippen molar-refractivity contribution in [1.82, 2.24) is 19.6 Å². The molecular weight excluding hydrogens is 622 g/mol. The maximum absolute atomic E-state index is 6.36. The zero-order chi connectivity index (χ0) is 32.2. The van der Waals surface area contributed by atoms with Gasteiger partial charge in [0.05, 0.1) is 6.20 Å². The van der Waals surface area contributed by atoms with Crippen LogP contribution in [0.2, 0.25) is 56.5 Å². The summed E-state index contributed by atoms with van der Waals surface area (Å²) in [7, 11) is -0.872. The standard InChI is InChI=1S/C33H52ClN5O4Si2/c1-40-23-43-30-17-27(19-35-32(30)34)28-20-36-39-31(18-29(37-33(28)39)26-15-24-8-9-25(14-24)16-26)38(21-41-10-12-44(2,3)4)22-42-11-13-45(5,6)7/h17-20,24-26H,8-16,21-23H2,1-7H3/t24-,25+,26?. The van der Waals surface area contributed by atoms with Crippen LogP contribution in [0.1, 0.15) is 43.7 Å². The smallest absolute Gasteiger partial charge is 0.188 e. The molecule has 9 nitrogen and oxygen atoms in total. The quantitative estimate of drug-likeness (QED) is 0.0652. The monoisotopic (exact) mass is 673 g/mol. The summed E-state index contributed by atoms with van der Waals surface area (Å²) in [6.45, 7) is 16.7. The molecule has 5 rings (SSSR count). The SMILES string of the molecule is COCOc1cc(-c2cnn3c(N(COCC[Si](C)(C)C)COCC[Si](C)(C)C)cc(C4C[C@H]5CC[C@@H](C4)C5)nc23)cnc1Cl. The second kappa shape index (κ2) is 14.8. The summed E-state index contributed by atoms with van der Waals surface area (Å²) in [5.41, 5.74) is 3.63. The molecule has 3 aromatic heterocycles. The summed E-state index contributed by atoms with van der Waals surface area (Å²) in [6.07, 6.45) is 10.1. The van der Waals surface area contributed by atoms with Crippen LogP contribution in [0.4, 0.5) is 5.82 Å². The summed E-state index contributed by atoms with van der Waals surface area (Å²) in [5, 5.41) is 5.17. The largest absolute Gasteiger partial charge is 0.464 e. The molecule has 0 radical (unpaired) electrons. The van der Waals surface area contributed by atoms with Gasteiger partial charge in [0.15, 0.2) is 23.3 Å². The Morgan fingerprint density at radius 1 is 0.911 bits per heavy atom. The highest BCUT2D eigenvalue weighted by Gasteiger charge is 2.36.